The van der Waals surface area contributed by atoms with Gasteiger partial charge in [-0.05, 0) is 111 Å². The first-order valence-corrected chi connectivity index (χ1v) is 30.2. The first kappa shape index (κ1) is 85.6. The van der Waals surface area contributed by atoms with E-state index in [-0.39, 0.29) is 32.8 Å². The van der Waals surface area contributed by atoms with Crippen LogP contribution in [-0.2, 0) is 39.2 Å². The Balaban J connectivity index is 8.21. The maximum absolute atomic E-state index is 16.9. The van der Waals surface area contributed by atoms with Crippen molar-refractivity contribution in [2.45, 2.75) is 296 Å². The topological polar surface area (TPSA) is 169 Å². The molecule has 526 valence electrons. The molecule has 0 aliphatic carbocycles. The molecule has 0 heterocycles. The van der Waals surface area contributed by atoms with Gasteiger partial charge in [-0.25, -0.2) is 0 Å². The zero-order chi connectivity index (χ0) is 71.3. The highest BCUT2D eigenvalue weighted by Gasteiger charge is 2.86. The maximum Gasteiger partial charge on any atom is 0.459 e. The number of hydrogen-bond donors (Lipinski definition) is 2. The molecule has 0 saturated heterocycles. The summed E-state index contributed by atoms with van der Waals surface area (Å²) in [6.45, 7) is 19.1. The van der Waals surface area contributed by atoms with Crippen molar-refractivity contribution in [2.24, 2.45) is 32.5 Å². The van der Waals surface area contributed by atoms with Gasteiger partial charge in [0, 0.05) is 0 Å². The monoisotopic (exact) mass is 1380 g/mol. The van der Waals surface area contributed by atoms with Crippen molar-refractivity contribution >= 4 is 20.2 Å². The second-order valence-corrected chi connectivity index (χ2v) is 30.2. The van der Waals surface area contributed by atoms with Gasteiger partial charge in [0.25, 0.3) is 0 Å². The molecule has 0 aromatic carbocycles. The van der Waals surface area contributed by atoms with Crippen molar-refractivity contribution in [3.63, 3.8) is 0 Å². The van der Waals surface area contributed by atoms with E-state index in [1.54, 1.807) is 20.8 Å². The minimum absolute atomic E-state index is 0.107. The van der Waals surface area contributed by atoms with Crippen molar-refractivity contribution < 1.29 is 141 Å². The Morgan fingerprint density at radius 1 is 0.443 bits per heavy atom. The fraction of sp³-hybridized carbons (Fsp3) is 0.981. The van der Waals surface area contributed by atoms with Gasteiger partial charge in [-0.1, -0.05) is 124 Å². The largest absolute Gasteiger partial charge is 0.459 e. The SMILES string of the molecule is CCC(C)(C)CC(CCC(C)(C)C(C)(C)CC(OC(F)(F)C(F)(F)C(F)(F)C(F)(F)S(=O)(=O)O)C(C)(C)C(C)(C)CCCC(CCC(C)(C)C)OC(F)(F)C(F)(F)S(=O)(=O)O)OC(C)(CC)C(F)(F)C(F)(OC(C)(CC)C(F)(F)C(F)(F)C#N)C(F)(F)F. The molecule has 0 aliphatic rings. The molecule has 0 fully saturated rings. The summed E-state index contributed by atoms with van der Waals surface area (Å²) in [6.07, 6.45) is -34.9. The van der Waals surface area contributed by atoms with Crippen LogP contribution in [0.15, 0.2) is 0 Å². The smallest absolute Gasteiger partial charge is 0.366 e. The highest BCUT2D eigenvalue weighted by molar-refractivity contribution is 7.87. The zero-order valence-corrected chi connectivity index (χ0v) is 53.6. The number of rotatable bonds is 37. The average Bonchev–Trinajstić information content (AvgIpc) is 3.32. The lowest BCUT2D eigenvalue weighted by atomic mass is 9.56. The van der Waals surface area contributed by atoms with Crippen molar-refractivity contribution in [2.75, 3.05) is 0 Å². The highest BCUT2D eigenvalue weighted by Crippen LogP contribution is 2.61. The molecule has 0 aromatic heterocycles. The third kappa shape index (κ3) is 17.1. The molecule has 2 N–H and O–H groups in total. The second kappa shape index (κ2) is 26.4. The van der Waals surface area contributed by atoms with Crippen LogP contribution in [0.4, 0.5) is 96.6 Å². The molecular weight excluding hydrogens is 1290 g/mol. The van der Waals surface area contributed by atoms with Crippen LogP contribution in [0, 0.1) is 43.8 Å². The zero-order valence-electron chi connectivity index (χ0n) is 52.0. The first-order valence-electron chi connectivity index (χ1n) is 27.3. The van der Waals surface area contributed by atoms with Gasteiger partial charge < -0.3 is 18.9 Å². The molecule has 0 spiro atoms. The summed E-state index contributed by atoms with van der Waals surface area (Å²) >= 11 is 0. The van der Waals surface area contributed by atoms with Gasteiger partial charge in [-0.15, -0.1) is 0 Å². The Hall–Kier alpha value is -2.39. The van der Waals surface area contributed by atoms with Crippen LogP contribution < -0.4 is 0 Å². The lowest BCUT2D eigenvalue weighted by molar-refractivity contribution is -0.466. The van der Waals surface area contributed by atoms with Gasteiger partial charge in [0.1, 0.15) is 17.3 Å². The summed E-state index contributed by atoms with van der Waals surface area (Å²) in [4.78, 5) is 0. The van der Waals surface area contributed by atoms with E-state index in [2.05, 4.69) is 14.2 Å². The van der Waals surface area contributed by atoms with E-state index < -0.39 is 211 Å². The Bertz CT molecular complexity index is 2600. The minimum Gasteiger partial charge on any atom is -0.366 e. The van der Waals surface area contributed by atoms with Crippen molar-refractivity contribution in [1.82, 2.24) is 0 Å². The molecular formula is C53H83F22NO10S2. The molecule has 0 saturated carbocycles. The van der Waals surface area contributed by atoms with E-state index in [4.69, 9.17) is 19.1 Å². The summed E-state index contributed by atoms with van der Waals surface area (Å²) < 4.78 is 416. The normalized spacial score (nSPS) is 18.7. The van der Waals surface area contributed by atoms with Crippen molar-refractivity contribution in [1.29, 1.82) is 5.26 Å². The molecule has 0 aliphatic heterocycles. The summed E-state index contributed by atoms with van der Waals surface area (Å²) in [7, 11) is -14.5. The van der Waals surface area contributed by atoms with E-state index in [1.807, 2.05) is 0 Å². The van der Waals surface area contributed by atoms with Crippen LogP contribution in [0.1, 0.15) is 202 Å². The molecule has 11 nitrogen and oxygen atoms in total. The van der Waals surface area contributed by atoms with E-state index in [9.17, 15) is 73.9 Å². The van der Waals surface area contributed by atoms with E-state index in [1.165, 1.54) is 34.6 Å². The quantitative estimate of drug-likeness (QED) is 0.0448. The third-order valence-electron chi connectivity index (χ3n) is 17.9. The number of nitriles is 1. The lowest BCUT2D eigenvalue weighted by Crippen LogP contribution is -2.72. The number of hydrogen-bond acceptors (Lipinski definition) is 9. The summed E-state index contributed by atoms with van der Waals surface area (Å²) in [5, 5.41) is -4.88. The Labute approximate surface area is 499 Å². The molecule has 6 atom stereocenters. The fourth-order valence-electron chi connectivity index (χ4n) is 9.06. The van der Waals surface area contributed by atoms with Crippen molar-refractivity contribution in [3.05, 3.63) is 0 Å². The maximum atomic E-state index is 16.9. The molecule has 88 heavy (non-hydrogen) atoms. The number of ether oxygens (including phenoxy) is 4. The summed E-state index contributed by atoms with van der Waals surface area (Å²) in [6, 6.07) is -0.187. The van der Waals surface area contributed by atoms with Crippen LogP contribution in [0.2, 0.25) is 0 Å². The van der Waals surface area contributed by atoms with Crippen molar-refractivity contribution in [3.8, 4) is 6.07 Å². The lowest BCUT2D eigenvalue weighted by Gasteiger charge is -2.53. The van der Waals surface area contributed by atoms with Crippen LogP contribution >= 0.6 is 0 Å². The average molecular weight is 1380 g/mol. The van der Waals surface area contributed by atoms with Gasteiger partial charge in [-0.2, -0.15) is 119 Å². The molecule has 0 aromatic rings. The molecule has 6 unspecified atom stereocenters. The molecule has 0 amide bonds. The van der Waals surface area contributed by atoms with Gasteiger partial charge in [0.05, 0.1) is 18.3 Å². The van der Waals surface area contributed by atoms with Gasteiger partial charge >= 0.3 is 84.6 Å². The second-order valence-electron chi connectivity index (χ2n) is 27.3. The number of halogens is 22. The Morgan fingerprint density at radius 2 is 0.875 bits per heavy atom. The number of alkyl halides is 22. The predicted octanol–water partition coefficient (Wildman–Crippen LogP) is 18.7. The van der Waals surface area contributed by atoms with E-state index >= 15 is 39.5 Å². The highest BCUT2D eigenvalue weighted by atomic mass is 32.2. The number of nitrogens with zero attached hydrogens (tertiary/aromatic N) is 1. The molecule has 0 bridgehead atoms. The molecule has 35 heteroatoms. The standard InChI is InChI=1S/C53H83F22NO10S2/c1-19-36(7,8)29-33(83-41(17,20-2)45(58,59)48(64,49(65,66)67)86-42(18,21-3)44(56,57)43(54,55)31-76)25-28-37(9,10)39(13,14)30-34(85-50(68,69)46(60,61)47(62,63)52(72,73)87(77,78)79)40(15,16)38(11,12)26-22-23-32(24-27-35(4,5)6)84-51(70,71)53(74,75)88(80,81)82/h32-34H,19-30H2,1-18H3,(H,77,78,79)(H,80,81,82). The van der Waals surface area contributed by atoms with Crippen LogP contribution in [-0.4, -0.2) is 120 Å². The van der Waals surface area contributed by atoms with Crippen LogP contribution in [0.25, 0.3) is 0 Å². The van der Waals surface area contributed by atoms with E-state index in [0.717, 1.165) is 41.5 Å². The predicted molar refractivity (Wildman–Crippen MR) is 276 cm³/mol. The molecule has 0 radical (unpaired) electrons. The van der Waals surface area contributed by atoms with Gasteiger partial charge in [-0.3, -0.25) is 9.11 Å². The van der Waals surface area contributed by atoms with Crippen LogP contribution in [0.3, 0.4) is 0 Å². The molecule has 0 rings (SSSR count). The Morgan fingerprint density at radius 3 is 1.25 bits per heavy atom. The Kier molecular flexibility index (Phi) is 25.7. The third-order valence-corrected chi connectivity index (χ3v) is 19.7. The van der Waals surface area contributed by atoms with Crippen LogP contribution in [0.5, 0.6) is 0 Å². The van der Waals surface area contributed by atoms with Gasteiger partial charge in [0.15, 0.2) is 0 Å². The minimum atomic E-state index is -7.72. The summed E-state index contributed by atoms with van der Waals surface area (Å²) in [5.74, 6) is -40.2. The first-order chi connectivity index (χ1) is 38.1. The summed E-state index contributed by atoms with van der Waals surface area (Å²) in [5.41, 5.74) is -18.0. The van der Waals surface area contributed by atoms with Gasteiger partial charge in [0.2, 0.25) is 0 Å². The van der Waals surface area contributed by atoms with E-state index in [0.29, 0.717) is 13.8 Å². The fourth-order valence-corrected chi connectivity index (χ4v) is 9.86.